The van der Waals surface area contributed by atoms with Crippen molar-refractivity contribution in [3.8, 4) is 0 Å². The van der Waals surface area contributed by atoms with Crippen LogP contribution in [0.25, 0.3) is 0 Å². The van der Waals surface area contributed by atoms with Crippen LogP contribution in [0.1, 0.15) is 26.7 Å². The van der Waals surface area contributed by atoms with Gasteiger partial charge < -0.3 is 10.1 Å². The number of hydrogen-bond acceptors (Lipinski definition) is 4. The summed E-state index contributed by atoms with van der Waals surface area (Å²) < 4.78 is 4.81. The Balaban J connectivity index is 2.46. The van der Waals surface area contributed by atoms with Crippen molar-refractivity contribution in [1.29, 1.82) is 0 Å². The first kappa shape index (κ1) is 12.8. The normalized spacial score (nSPS) is 20.3. The second-order valence-electron chi connectivity index (χ2n) is 4.30. The van der Waals surface area contributed by atoms with Crippen molar-refractivity contribution in [2.24, 2.45) is 5.92 Å². The van der Waals surface area contributed by atoms with Gasteiger partial charge in [-0.25, -0.2) is 0 Å². The van der Waals surface area contributed by atoms with Gasteiger partial charge in [0.25, 0.3) is 0 Å². The van der Waals surface area contributed by atoms with E-state index in [1.165, 1.54) is 18.6 Å². The molecule has 1 aliphatic rings. The van der Waals surface area contributed by atoms with Gasteiger partial charge in [-0.15, -0.1) is 0 Å². The summed E-state index contributed by atoms with van der Waals surface area (Å²) in [6, 6.07) is 0.334. The molecular weight excluding hydrogens is 210 g/mol. The number of hydrogen-bond donors (Lipinski definition) is 1. The van der Waals surface area contributed by atoms with Crippen molar-refractivity contribution in [1.82, 2.24) is 5.32 Å². The molecule has 1 aliphatic heterocycles. The highest BCUT2D eigenvalue weighted by molar-refractivity contribution is 7.99. The molecule has 3 nitrogen and oxygen atoms in total. The van der Waals surface area contributed by atoms with E-state index < -0.39 is 0 Å². The van der Waals surface area contributed by atoms with Gasteiger partial charge in [-0.3, -0.25) is 4.79 Å². The van der Waals surface area contributed by atoms with Crippen molar-refractivity contribution in [3.05, 3.63) is 0 Å². The van der Waals surface area contributed by atoms with Crippen LogP contribution >= 0.6 is 11.8 Å². The highest BCUT2D eigenvalue weighted by atomic mass is 32.2. The molecule has 1 saturated heterocycles. The van der Waals surface area contributed by atoms with E-state index in [9.17, 15) is 4.79 Å². The highest BCUT2D eigenvalue weighted by Crippen LogP contribution is 2.18. The Morgan fingerprint density at radius 1 is 1.40 bits per heavy atom. The maximum Gasteiger partial charge on any atom is 0.323 e. The molecule has 0 bridgehead atoms. The van der Waals surface area contributed by atoms with Crippen LogP contribution in [0.2, 0.25) is 0 Å². The van der Waals surface area contributed by atoms with Crippen molar-refractivity contribution in [3.63, 3.8) is 0 Å². The average molecular weight is 231 g/mol. The summed E-state index contributed by atoms with van der Waals surface area (Å²) in [5.41, 5.74) is 0. The molecule has 4 heteroatoms. The minimum Gasteiger partial charge on any atom is -0.468 e. The third-order valence-corrected chi connectivity index (χ3v) is 3.81. The van der Waals surface area contributed by atoms with E-state index in [0.29, 0.717) is 6.04 Å². The molecule has 1 fully saturated rings. The monoisotopic (exact) mass is 231 g/mol. The number of esters is 1. The standard InChI is InChI=1S/C11H21NO2S/c1-8(2)10(11(13)14-3)12-9-4-6-15-7-5-9/h8-10,12H,4-7H2,1-3H3/t10-/m0/s1. The smallest absolute Gasteiger partial charge is 0.323 e. The summed E-state index contributed by atoms with van der Waals surface area (Å²) in [6.45, 7) is 4.10. The summed E-state index contributed by atoms with van der Waals surface area (Å²) in [6.07, 6.45) is 2.32. The topological polar surface area (TPSA) is 38.3 Å². The van der Waals surface area contributed by atoms with E-state index >= 15 is 0 Å². The zero-order valence-corrected chi connectivity index (χ0v) is 10.6. The van der Waals surface area contributed by atoms with Crippen LogP contribution in [0.5, 0.6) is 0 Å². The number of carbonyl (C=O) groups is 1. The predicted octanol–water partition coefficient (Wildman–Crippen LogP) is 1.67. The van der Waals surface area contributed by atoms with Crippen LogP contribution < -0.4 is 5.32 Å². The zero-order chi connectivity index (χ0) is 11.3. The fourth-order valence-corrected chi connectivity index (χ4v) is 2.88. The molecule has 15 heavy (non-hydrogen) atoms. The van der Waals surface area contributed by atoms with E-state index in [1.54, 1.807) is 0 Å². The molecule has 1 N–H and O–H groups in total. The van der Waals surface area contributed by atoms with Gasteiger partial charge in [-0.05, 0) is 30.3 Å². The molecule has 0 aliphatic carbocycles. The van der Waals surface area contributed by atoms with Crippen LogP contribution in [-0.4, -0.2) is 36.7 Å². The zero-order valence-electron chi connectivity index (χ0n) is 9.79. The Kier molecular flexibility index (Phi) is 5.47. The lowest BCUT2D eigenvalue weighted by molar-refractivity contribution is -0.144. The predicted molar refractivity (Wildman–Crippen MR) is 64.1 cm³/mol. The Bertz CT molecular complexity index is 203. The summed E-state index contributed by atoms with van der Waals surface area (Å²) in [5.74, 6) is 2.54. The van der Waals surface area contributed by atoms with E-state index in [-0.39, 0.29) is 17.9 Å². The van der Waals surface area contributed by atoms with Crippen molar-refractivity contribution >= 4 is 17.7 Å². The third kappa shape index (κ3) is 4.03. The molecule has 88 valence electrons. The maximum absolute atomic E-state index is 11.5. The molecule has 0 amide bonds. The van der Waals surface area contributed by atoms with E-state index in [4.69, 9.17) is 4.74 Å². The van der Waals surface area contributed by atoms with Crippen LogP contribution in [-0.2, 0) is 9.53 Å². The minimum atomic E-state index is -0.150. The number of ether oxygens (including phenoxy) is 1. The summed E-state index contributed by atoms with van der Waals surface area (Å²) >= 11 is 1.99. The highest BCUT2D eigenvalue weighted by Gasteiger charge is 2.26. The summed E-state index contributed by atoms with van der Waals surface area (Å²) in [4.78, 5) is 11.5. The fraction of sp³-hybridized carbons (Fsp3) is 0.909. The van der Waals surface area contributed by atoms with Gasteiger partial charge in [0.2, 0.25) is 0 Å². The van der Waals surface area contributed by atoms with Gasteiger partial charge in [0.05, 0.1) is 7.11 Å². The van der Waals surface area contributed by atoms with E-state index in [0.717, 1.165) is 12.8 Å². The quantitative estimate of drug-likeness (QED) is 0.747. The lowest BCUT2D eigenvalue weighted by atomic mass is 10.0. The van der Waals surface area contributed by atoms with Crippen molar-refractivity contribution in [2.45, 2.75) is 38.8 Å². The second kappa shape index (κ2) is 6.38. The molecule has 0 unspecified atom stereocenters. The minimum absolute atomic E-state index is 0.136. The number of thioether (sulfide) groups is 1. The Labute approximate surface area is 96.3 Å². The van der Waals surface area contributed by atoms with Gasteiger partial charge in [-0.1, -0.05) is 13.8 Å². The van der Waals surface area contributed by atoms with Gasteiger partial charge in [0.1, 0.15) is 6.04 Å². The van der Waals surface area contributed by atoms with Gasteiger partial charge in [-0.2, -0.15) is 11.8 Å². The molecule has 0 aromatic carbocycles. The largest absolute Gasteiger partial charge is 0.468 e. The van der Waals surface area contributed by atoms with Crippen LogP contribution in [0.15, 0.2) is 0 Å². The lowest BCUT2D eigenvalue weighted by Gasteiger charge is -2.28. The van der Waals surface area contributed by atoms with Gasteiger partial charge >= 0.3 is 5.97 Å². The van der Waals surface area contributed by atoms with Crippen molar-refractivity contribution in [2.75, 3.05) is 18.6 Å². The molecule has 1 rings (SSSR count). The molecule has 0 aromatic heterocycles. The van der Waals surface area contributed by atoms with Gasteiger partial charge in [0.15, 0.2) is 0 Å². The van der Waals surface area contributed by atoms with E-state index in [1.807, 2.05) is 25.6 Å². The molecule has 0 radical (unpaired) electrons. The number of methoxy groups -OCH3 is 1. The first-order valence-corrected chi connectivity index (χ1v) is 6.72. The molecule has 0 saturated carbocycles. The second-order valence-corrected chi connectivity index (χ2v) is 5.52. The number of nitrogens with one attached hydrogen (secondary N) is 1. The molecule has 0 aromatic rings. The molecule has 1 heterocycles. The molecule has 1 atom stereocenters. The number of rotatable bonds is 4. The Morgan fingerprint density at radius 3 is 2.47 bits per heavy atom. The molecular formula is C11H21NO2S. The Hall–Kier alpha value is -0.220. The first-order chi connectivity index (χ1) is 7.15. The third-order valence-electron chi connectivity index (χ3n) is 2.76. The van der Waals surface area contributed by atoms with Crippen molar-refractivity contribution < 1.29 is 9.53 Å². The van der Waals surface area contributed by atoms with Crippen LogP contribution in [0.4, 0.5) is 0 Å². The SMILES string of the molecule is COC(=O)[C@@H](NC1CCSCC1)C(C)C. The number of carbonyl (C=O) groups excluding carboxylic acids is 1. The first-order valence-electron chi connectivity index (χ1n) is 5.56. The van der Waals surface area contributed by atoms with Gasteiger partial charge in [0, 0.05) is 6.04 Å². The maximum atomic E-state index is 11.5. The van der Waals surface area contributed by atoms with E-state index in [2.05, 4.69) is 5.32 Å². The average Bonchev–Trinajstić information content (AvgIpc) is 2.26. The summed E-state index contributed by atoms with van der Waals surface area (Å²) in [7, 11) is 1.45. The Morgan fingerprint density at radius 2 is 2.00 bits per heavy atom. The summed E-state index contributed by atoms with van der Waals surface area (Å²) in [5, 5.41) is 3.42. The molecule has 0 spiro atoms. The van der Waals surface area contributed by atoms with Crippen LogP contribution in [0, 0.1) is 5.92 Å². The van der Waals surface area contributed by atoms with Crippen LogP contribution in [0.3, 0.4) is 0 Å². The lowest BCUT2D eigenvalue weighted by Crippen LogP contribution is -2.48. The fourth-order valence-electron chi connectivity index (χ4n) is 1.78.